The van der Waals surface area contributed by atoms with Crippen LogP contribution in [0, 0.1) is 18.3 Å². The molecule has 1 amide bonds. The van der Waals surface area contributed by atoms with E-state index in [4.69, 9.17) is 38.8 Å². The van der Waals surface area contributed by atoms with Crippen LogP contribution in [0.15, 0.2) is 31.0 Å². The zero-order valence-electron chi connectivity index (χ0n) is 37.7. The second-order valence-corrected chi connectivity index (χ2v) is 19.6. The molecule has 5 aliphatic rings. The Hall–Kier alpha value is -4.67. The molecule has 1 saturated carbocycles. The number of benzene rings is 2. The van der Waals surface area contributed by atoms with Crippen LogP contribution in [-0.4, -0.2) is 126 Å². The number of aryl methyl sites for hydroxylation is 1. The second kappa shape index (κ2) is 18.0. The minimum atomic E-state index is -4.64. The lowest BCUT2D eigenvalue weighted by Gasteiger charge is -2.53. The van der Waals surface area contributed by atoms with Gasteiger partial charge in [-0.3, -0.25) is 0 Å². The van der Waals surface area contributed by atoms with E-state index in [0.717, 1.165) is 93.6 Å². The van der Waals surface area contributed by atoms with E-state index in [1.807, 2.05) is 50.6 Å². The zero-order chi connectivity index (χ0) is 44.8. The molecule has 5 fully saturated rings. The largest absolute Gasteiger partial charge is 0.481 e. The number of likely N-dealkylation sites (tertiary alicyclic amines) is 2. The third-order valence-electron chi connectivity index (χ3n) is 13.4. The lowest BCUT2D eigenvalue weighted by atomic mass is 9.72. The van der Waals surface area contributed by atoms with Crippen molar-refractivity contribution >= 4 is 39.8 Å². The predicted octanol–water partition coefficient (Wildman–Crippen LogP) is 9.35. The predicted molar refractivity (Wildman–Crippen MR) is 239 cm³/mol. The number of nitrogens with zero attached hydrogens (tertiary/aromatic N) is 7. The smallest absolute Gasteiger partial charge is 0.422 e. The van der Waals surface area contributed by atoms with Crippen LogP contribution >= 0.6 is 0 Å². The molecule has 2 aromatic heterocycles. The second-order valence-electron chi connectivity index (χ2n) is 19.6. The first-order valence-corrected chi connectivity index (χ1v) is 23.1. The van der Waals surface area contributed by atoms with E-state index in [2.05, 4.69) is 16.4 Å². The van der Waals surface area contributed by atoms with Crippen molar-refractivity contribution in [3.8, 4) is 22.9 Å². The van der Waals surface area contributed by atoms with Crippen molar-refractivity contribution in [2.75, 3.05) is 77.1 Å². The highest BCUT2D eigenvalue weighted by atomic mass is 19.4. The van der Waals surface area contributed by atoms with Gasteiger partial charge in [0.15, 0.2) is 18.6 Å². The molecule has 0 N–H and O–H groups in total. The Bertz CT molecular complexity index is 2330. The maximum atomic E-state index is 14.3. The number of amides is 1. The molecule has 1 unspecified atom stereocenters. The molecule has 9 rings (SSSR count). The van der Waals surface area contributed by atoms with Gasteiger partial charge in [-0.2, -0.15) is 28.2 Å². The summed E-state index contributed by atoms with van der Waals surface area (Å²) in [6.45, 7) is 17.3. The molecule has 0 radical (unpaired) electrons. The average molecular weight is 890 g/mol. The first kappa shape index (κ1) is 44.5. The van der Waals surface area contributed by atoms with Crippen LogP contribution in [0.1, 0.15) is 95.9 Å². The van der Waals surface area contributed by atoms with Gasteiger partial charge in [0.05, 0.1) is 18.3 Å². The van der Waals surface area contributed by atoms with E-state index >= 15 is 0 Å². The number of ether oxygens (including phenoxy) is 5. The van der Waals surface area contributed by atoms with E-state index in [1.165, 1.54) is 12.8 Å². The fourth-order valence-electron chi connectivity index (χ4n) is 9.79. The molecular weight excluding hydrogens is 828 g/mol. The van der Waals surface area contributed by atoms with E-state index in [0.29, 0.717) is 67.3 Å². The zero-order valence-corrected chi connectivity index (χ0v) is 37.7. The Morgan fingerprint density at radius 3 is 2.42 bits per heavy atom. The highest BCUT2D eigenvalue weighted by Gasteiger charge is 2.48. The lowest BCUT2D eigenvalue weighted by Crippen LogP contribution is -2.62. The Labute approximate surface area is 373 Å². The maximum absolute atomic E-state index is 14.3. The first-order chi connectivity index (χ1) is 30.7. The molecule has 0 bridgehead atoms. The van der Waals surface area contributed by atoms with E-state index in [1.54, 1.807) is 17.2 Å². The van der Waals surface area contributed by atoms with Gasteiger partial charge in [-0.05, 0) is 120 Å². The molecule has 64 heavy (non-hydrogen) atoms. The molecule has 4 saturated heterocycles. The minimum absolute atomic E-state index is 0.0167. The van der Waals surface area contributed by atoms with Gasteiger partial charge in [0.25, 0.3) is 0 Å². The molecule has 1 atom stereocenters. The van der Waals surface area contributed by atoms with Crippen molar-refractivity contribution in [3.63, 3.8) is 0 Å². The van der Waals surface area contributed by atoms with E-state index < -0.39 is 18.4 Å². The van der Waals surface area contributed by atoms with Gasteiger partial charge in [0.1, 0.15) is 23.0 Å². The molecule has 16 heteroatoms. The molecule has 1 spiro atoms. The number of hydrogen-bond acceptors (Lipinski definition) is 11. The summed E-state index contributed by atoms with van der Waals surface area (Å²) in [4.78, 5) is 29.2. The van der Waals surface area contributed by atoms with Crippen molar-refractivity contribution in [2.24, 2.45) is 11.3 Å². The van der Waals surface area contributed by atoms with Gasteiger partial charge in [-0.15, -0.1) is 0 Å². The van der Waals surface area contributed by atoms with Gasteiger partial charge in [-0.1, -0.05) is 18.7 Å². The Kier molecular flexibility index (Phi) is 12.5. The number of carbonyl (C=O) groups excluding carboxylic acids is 1. The summed E-state index contributed by atoms with van der Waals surface area (Å²) < 4.78 is 75.1. The van der Waals surface area contributed by atoms with Crippen LogP contribution in [0.3, 0.4) is 0 Å². The third-order valence-corrected chi connectivity index (χ3v) is 13.4. The number of piperidine rings is 2. The summed E-state index contributed by atoms with van der Waals surface area (Å²) in [6.07, 6.45) is 6.43. The quantitative estimate of drug-likeness (QED) is 0.120. The summed E-state index contributed by atoms with van der Waals surface area (Å²) in [7, 11) is 0. The Balaban J connectivity index is 1.09. The monoisotopic (exact) mass is 889 g/mol. The molecule has 1 aliphatic carbocycles. The fourth-order valence-corrected chi connectivity index (χ4v) is 9.79. The normalized spacial score (nSPS) is 21.1. The van der Waals surface area contributed by atoms with Crippen molar-refractivity contribution in [1.29, 1.82) is 0 Å². The highest BCUT2D eigenvalue weighted by Crippen LogP contribution is 2.48. The van der Waals surface area contributed by atoms with Gasteiger partial charge in [0.2, 0.25) is 0 Å². The van der Waals surface area contributed by atoms with Gasteiger partial charge < -0.3 is 38.4 Å². The van der Waals surface area contributed by atoms with Crippen LogP contribution in [-0.2, 0) is 14.2 Å². The number of rotatable bonds is 13. The van der Waals surface area contributed by atoms with Crippen LogP contribution in [0.5, 0.6) is 11.8 Å². The average Bonchev–Trinajstić information content (AvgIpc) is 3.99. The Morgan fingerprint density at radius 1 is 0.984 bits per heavy atom. The Morgan fingerprint density at radius 2 is 1.75 bits per heavy atom. The molecular formula is C48H62F3N7O6. The number of halogens is 3. The molecule has 346 valence electrons. The van der Waals surface area contributed by atoms with Crippen LogP contribution in [0.25, 0.3) is 39.0 Å². The number of hydrogen-bond donors (Lipinski definition) is 0. The number of aromatic nitrogens is 4. The SMILES string of the molecule is C=Cc1cc2c(N3CCC4(CC3)CN(C(=O)OC(C)(C)C)C4)nc(OC3CCN(CCOCC4CC4)CC3)nc2c(OCC(F)(F)F)c1-c1c(C)ccc2c1cnn2C1CCCCO1. The van der Waals surface area contributed by atoms with Gasteiger partial charge in [0, 0.05) is 80.8 Å². The van der Waals surface area contributed by atoms with E-state index in [-0.39, 0.29) is 41.1 Å². The van der Waals surface area contributed by atoms with Crippen LogP contribution < -0.4 is 14.4 Å². The van der Waals surface area contributed by atoms with Gasteiger partial charge >= 0.3 is 18.3 Å². The first-order valence-electron chi connectivity index (χ1n) is 23.1. The van der Waals surface area contributed by atoms with E-state index in [9.17, 15) is 18.0 Å². The van der Waals surface area contributed by atoms with Crippen LogP contribution in [0.2, 0.25) is 0 Å². The molecule has 6 heterocycles. The highest BCUT2D eigenvalue weighted by molar-refractivity contribution is 6.07. The minimum Gasteiger partial charge on any atom is -0.481 e. The summed E-state index contributed by atoms with van der Waals surface area (Å²) in [5.41, 5.74) is 2.93. The number of alkyl halides is 3. The maximum Gasteiger partial charge on any atom is 0.422 e. The summed E-state index contributed by atoms with van der Waals surface area (Å²) >= 11 is 0. The molecule has 4 aromatic rings. The standard InChI is InChI=1S/C48H62F3N7O6/c1-6-33-25-35-41(42(62-30-48(49,50)51)40(33)39-31(2)10-13-37-36(39)26-52-58(37)38-9-7-8-23-61-38)53-44(63-34-14-18-55(19-15-34)22-24-60-27-32-11-12-32)54-43(35)56-20-16-47(17-21-56)28-57(29-47)45(59)64-46(3,4)5/h6,10,13,25-26,32,34,38H,1,7-9,11-12,14-24,27-30H2,2-5H3. The topological polar surface area (TPSA) is 117 Å². The summed E-state index contributed by atoms with van der Waals surface area (Å²) in [6, 6.07) is 5.97. The van der Waals surface area contributed by atoms with Crippen molar-refractivity contribution in [1.82, 2.24) is 29.5 Å². The van der Waals surface area contributed by atoms with Crippen molar-refractivity contribution in [2.45, 2.75) is 110 Å². The molecule has 2 aromatic carbocycles. The number of anilines is 1. The van der Waals surface area contributed by atoms with Crippen LogP contribution in [0.4, 0.5) is 23.8 Å². The summed E-state index contributed by atoms with van der Waals surface area (Å²) in [5, 5.41) is 6.07. The fraction of sp³-hybridized carbons (Fsp3) is 0.625. The number of carbonyl (C=O) groups is 1. The molecule has 4 aliphatic heterocycles. The third kappa shape index (κ3) is 9.79. The lowest BCUT2D eigenvalue weighted by molar-refractivity contribution is -0.153. The van der Waals surface area contributed by atoms with Crippen molar-refractivity contribution < 1.29 is 41.7 Å². The molecule has 13 nitrogen and oxygen atoms in total. The number of fused-ring (bicyclic) bond motifs is 2. The van der Waals surface area contributed by atoms with Gasteiger partial charge in [-0.25, -0.2) is 9.48 Å². The van der Waals surface area contributed by atoms with Crippen molar-refractivity contribution in [3.05, 3.63) is 42.1 Å². The summed E-state index contributed by atoms with van der Waals surface area (Å²) in [5.74, 6) is 1.27.